The highest BCUT2D eigenvalue weighted by molar-refractivity contribution is 9.10. The van der Waals surface area contributed by atoms with E-state index in [9.17, 15) is 0 Å². The fourth-order valence-electron chi connectivity index (χ4n) is 0.539. The van der Waals surface area contributed by atoms with E-state index in [1.165, 1.54) is 4.90 Å². The van der Waals surface area contributed by atoms with Gasteiger partial charge in [0.2, 0.25) is 0 Å². The van der Waals surface area contributed by atoms with Crippen molar-refractivity contribution >= 4 is 27.7 Å². The molecule has 0 atom stereocenters. The zero-order valence-electron chi connectivity index (χ0n) is 5.26. The number of halogens is 1. The molecule has 50 valence electrons. The number of nitrogens with zero attached hydrogens (tertiary/aromatic N) is 2. The average molecular weight is 207 g/mol. The molecule has 1 aromatic rings. The van der Waals surface area contributed by atoms with Crippen LogP contribution in [0.15, 0.2) is 15.7 Å². The van der Waals surface area contributed by atoms with Gasteiger partial charge in [-0.3, -0.25) is 4.68 Å². The molecule has 0 aliphatic rings. The number of rotatable bonds is 1. The molecule has 1 rings (SSSR count). The molecule has 0 aliphatic carbocycles. The summed E-state index contributed by atoms with van der Waals surface area (Å²) in [6, 6.07) is 0. The monoisotopic (exact) mass is 206 g/mol. The lowest BCUT2D eigenvalue weighted by molar-refractivity contribution is 0.747. The van der Waals surface area contributed by atoms with Gasteiger partial charge in [-0.2, -0.15) is 5.10 Å². The van der Waals surface area contributed by atoms with Crippen molar-refractivity contribution in [2.24, 2.45) is 7.05 Å². The molecular formula is C5H7BrN2S. The first-order valence-electron chi connectivity index (χ1n) is 2.47. The van der Waals surface area contributed by atoms with Gasteiger partial charge in [0.25, 0.3) is 0 Å². The van der Waals surface area contributed by atoms with Crippen LogP contribution in [0.1, 0.15) is 0 Å². The first-order valence-corrected chi connectivity index (χ1v) is 4.49. The van der Waals surface area contributed by atoms with E-state index in [4.69, 9.17) is 0 Å². The molecule has 0 aromatic carbocycles. The number of aryl methyl sites for hydroxylation is 1. The molecule has 0 bridgehead atoms. The number of hydrogen-bond acceptors (Lipinski definition) is 2. The predicted molar refractivity (Wildman–Crippen MR) is 42.7 cm³/mol. The molecule has 1 aromatic heterocycles. The third kappa shape index (κ3) is 1.30. The molecule has 4 heteroatoms. The van der Waals surface area contributed by atoms with Crippen molar-refractivity contribution in [1.29, 1.82) is 0 Å². The van der Waals surface area contributed by atoms with Gasteiger partial charge in [0, 0.05) is 7.05 Å². The average Bonchev–Trinajstić information content (AvgIpc) is 2.15. The van der Waals surface area contributed by atoms with Gasteiger partial charge in [-0.25, -0.2) is 0 Å². The summed E-state index contributed by atoms with van der Waals surface area (Å²) in [6.07, 6.45) is 3.87. The van der Waals surface area contributed by atoms with Crippen molar-refractivity contribution in [3.63, 3.8) is 0 Å². The maximum absolute atomic E-state index is 4.04. The maximum Gasteiger partial charge on any atom is 0.117 e. The minimum atomic E-state index is 1.05. The lowest BCUT2D eigenvalue weighted by Gasteiger charge is -1.91. The third-order valence-electron chi connectivity index (χ3n) is 1.06. The Bertz CT molecular complexity index is 209. The van der Waals surface area contributed by atoms with Gasteiger partial charge >= 0.3 is 0 Å². The Morgan fingerprint density at radius 1 is 1.78 bits per heavy atom. The van der Waals surface area contributed by atoms with Gasteiger partial charge in [-0.05, 0) is 22.2 Å². The Hall–Kier alpha value is 0.0400. The molecule has 0 N–H and O–H groups in total. The molecule has 0 spiro atoms. The standard InChI is InChI=1S/C5H7BrN2S/c1-8-5(6)4(9-2)3-7-8/h3H,1-2H3. The number of hydrogen-bond donors (Lipinski definition) is 0. The van der Waals surface area contributed by atoms with Crippen molar-refractivity contribution in [2.75, 3.05) is 6.26 Å². The van der Waals surface area contributed by atoms with Gasteiger partial charge in [-0.1, -0.05) is 0 Å². The fraction of sp³-hybridized carbons (Fsp3) is 0.400. The molecule has 0 saturated heterocycles. The van der Waals surface area contributed by atoms with Crippen molar-refractivity contribution < 1.29 is 0 Å². The smallest absolute Gasteiger partial charge is 0.117 e. The Kier molecular flexibility index (Phi) is 2.18. The molecule has 0 radical (unpaired) electrons. The summed E-state index contributed by atoms with van der Waals surface area (Å²) in [6.45, 7) is 0. The second-order valence-corrected chi connectivity index (χ2v) is 3.23. The van der Waals surface area contributed by atoms with Crippen LogP contribution in [0.2, 0.25) is 0 Å². The quantitative estimate of drug-likeness (QED) is 0.654. The van der Waals surface area contributed by atoms with E-state index in [0.717, 1.165) is 4.60 Å². The second-order valence-electron chi connectivity index (χ2n) is 1.63. The number of aromatic nitrogens is 2. The van der Waals surface area contributed by atoms with E-state index in [1.54, 1.807) is 16.4 Å². The van der Waals surface area contributed by atoms with E-state index in [2.05, 4.69) is 21.0 Å². The SMILES string of the molecule is CSc1cnn(C)c1Br. The summed E-state index contributed by atoms with van der Waals surface area (Å²) in [5.41, 5.74) is 0. The largest absolute Gasteiger partial charge is 0.260 e. The Morgan fingerprint density at radius 2 is 2.44 bits per heavy atom. The van der Waals surface area contributed by atoms with Crippen LogP contribution in [-0.2, 0) is 7.05 Å². The summed E-state index contributed by atoms with van der Waals surface area (Å²) >= 11 is 5.08. The molecule has 1 heterocycles. The summed E-state index contributed by atoms with van der Waals surface area (Å²) in [5.74, 6) is 0. The first kappa shape index (κ1) is 7.15. The van der Waals surface area contributed by atoms with Crippen molar-refractivity contribution in [3.8, 4) is 0 Å². The highest BCUT2D eigenvalue weighted by atomic mass is 79.9. The summed E-state index contributed by atoms with van der Waals surface area (Å²) < 4.78 is 2.85. The van der Waals surface area contributed by atoms with Crippen LogP contribution < -0.4 is 0 Å². The van der Waals surface area contributed by atoms with Crippen molar-refractivity contribution in [3.05, 3.63) is 10.8 Å². The highest BCUT2D eigenvalue weighted by Gasteiger charge is 2.01. The first-order chi connectivity index (χ1) is 4.25. The number of thioether (sulfide) groups is 1. The molecule has 0 unspecified atom stereocenters. The summed E-state index contributed by atoms with van der Waals surface area (Å²) in [7, 11) is 1.91. The van der Waals surface area contributed by atoms with Gasteiger partial charge in [-0.15, -0.1) is 11.8 Å². The fourth-order valence-corrected chi connectivity index (χ4v) is 1.67. The predicted octanol–water partition coefficient (Wildman–Crippen LogP) is 1.90. The van der Waals surface area contributed by atoms with E-state index in [1.807, 2.05) is 19.5 Å². The lowest BCUT2D eigenvalue weighted by atomic mass is 10.7. The normalized spacial score (nSPS) is 10.1. The topological polar surface area (TPSA) is 17.8 Å². The van der Waals surface area contributed by atoms with E-state index in [0.29, 0.717) is 0 Å². The zero-order chi connectivity index (χ0) is 6.85. The van der Waals surface area contributed by atoms with Crippen LogP contribution in [0.25, 0.3) is 0 Å². The molecule has 0 fully saturated rings. The summed E-state index contributed by atoms with van der Waals surface area (Å²) in [5, 5.41) is 4.04. The second kappa shape index (κ2) is 2.75. The van der Waals surface area contributed by atoms with E-state index >= 15 is 0 Å². The van der Waals surface area contributed by atoms with Gasteiger partial charge < -0.3 is 0 Å². The van der Waals surface area contributed by atoms with E-state index in [-0.39, 0.29) is 0 Å². The van der Waals surface area contributed by atoms with Gasteiger partial charge in [0.05, 0.1) is 11.1 Å². The van der Waals surface area contributed by atoms with Crippen LogP contribution in [0.4, 0.5) is 0 Å². The molecule has 0 aliphatic heterocycles. The maximum atomic E-state index is 4.04. The van der Waals surface area contributed by atoms with Crippen LogP contribution in [0.3, 0.4) is 0 Å². The Morgan fingerprint density at radius 3 is 2.67 bits per heavy atom. The lowest BCUT2D eigenvalue weighted by Crippen LogP contribution is -1.88. The van der Waals surface area contributed by atoms with Crippen LogP contribution in [0, 0.1) is 0 Å². The van der Waals surface area contributed by atoms with E-state index < -0.39 is 0 Å². The Labute approximate surface area is 66.8 Å². The molecule has 0 saturated carbocycles. The third-order valence-corrected chi connectivity index (χ3v) is 3.00. The van der Waals surface area contributed by atoms with Crippen molar-refractivity contribution in [1.82, 2.24) is 9.78 Å². The van der Waals surface area contributed by atoms with Crippen molar-refractivity contribution in [2.45, 2.75) is 4.90 Å². The molecule has 2 nitrogen and oxygen atoms in total. The van der Waals surface area contributed by atoms with Crippen LogP contribution in [-0.4, -0.2) is 16.0 Å². The molecule has 9 heavy (non-hydrogen) atoms. The minimum Gasteiger partial charge on any atom is -0.260 e. The highest BCUT2D eigenvalue weighted by Crippen LogP contribution is 2.23. The molecular weight excluding hydrogens is 200 g/mol. The zero-order valence-corrected chi connectivity index (χ0v) is 7.66. The van der Waals surface area contributed by atoms with Gasteiger partial charge in [0.1, 0.15) is 4.60 Å². The Balaban J connectivity index is 3.04. The minimum absolute atomic E-state index is 1.05. The van der Waals surface area contributed by atoms with Crippen LogP contribution in [0.5, 0.6) is 0 Å². The summed E-state index contributed by atoms with van der Waals surface area (Å²) in [4.78, 5) is 1.18. The molecule has 0 amide bonds. The van der Waals surface area contributed by atoms with Crippen LogP contribution >= 0.6 is 27.7 Å². The van der Waals surface area contributed by atoms with Gasteiger partial charge in [0.15, 0.2) is 0 Å².